The van der Waals surface area contributed by atoms with Gasteiger partial charge in [-0.25, -0.2) is 4.79 Å². The molecule has 0 aliphatic carbocycles. The number of nitrogens with zero attached hydrogens (tertiary/aromatic N) is 2. The summed E-state index contributed by atoms with van der Waals surface area (Å²) in [7, 11) is 0. The second-order valence-electron chi connectivity index (χ2n) is 3.82. The Morgan fingerprint density at radius 1 is 1.32 bits per heavy atom. The first-order valence-corrected chi connectivity index (χ1v) is 5.95. The Labute approximate surface area is 118 Å². The standard InChI is InChI=1S/C12H8Cl2N2O3/c1-6-4-8(12(18)19)11(17)16(15-6)10-3-2-7(13)5-9(10)14/h2-5H,1H3,(H,18,19). The third-order valence-electron chi connectivity index (χ3n) is 2.40. The minimum absolute atomic E-state index is 0.212. The lowest BCUT2D eigenvalue weighted by atomic mass is 10.2. The molecule has 1 N–H and O–H groups in total. The summed E-state index contributed by atoms with van der Waals surface area (Å²) >= 11 is 11.8. The highest BCUT2D eigenvalue weighted by atomic mass is 35.5. The Morgan fingerprint density at radius 3 is 2.58 bits per heavy atom. The van der Waals surface area contributed by atoms with E-state index in [1.54, 1.807) is 13.0 Å². The molecule has 0 fully saturated rings. The molecule has 19 heavy (non-hydrogen) atoms. The zero-order valence-corrected chi connectivity index (χ0v) is 11.2. The van der Waals surface area contributed by atoms with Crippen molar-refractivity contribution in [2.45, 2.75) is 6.92 Å². The predicted octanol–water partition coefficient (Wildman–Crippen LogP) is 2.55. The fourth-order valence-corrected chi connectivity index (χ4v) is 2.07. The average molecular weight is 299 g/mol. The van der Waals surface area contributed by atoms with E-state index in [2.05, 4.69) is 5.10 Å². The first-order valence-electron chi connectivity index (χ1n) is 5.20. The Bertz CT molecular complexity index is 725. The maximum Gasteiger partial charge on any atom is 0.341 e. The van der Waals surface area contributed by atoms with Crippen LogP contribution in [-0.2, 0) is 0 Å². The third kappa shape index (κ3) is 2.62. The highest BCUT2D eigenvalue weighted by Gasteiger charge is 2.15. The van der Waals surface area contributed by atoms with Gasteiger partial charge < -0.3 is 5.11 Å². The van der Waals surface area contributed by atoms with Crippen LogP contribution in [0.4, 0.5) is 0 Å². The fraction of sp³-hybridized carbons (Fsp3) is 0.0833. The molecule has 0 unspecified atom stereocenters. The van der Waals surface area contributed by atoms with Gasteiger partial charge in [-0.2, -0.15) is 9.78 Å². The van der Waals surface area contributed by atoms with Crippen LogP contribution >= 0.6 is 23.2 Å². The van der Waals surface area contributed by atoms with Gasteiger partial charge in [-0.1, -0.05) is 23.2 Å². The Kier molecular flexibility index (Phi) is 3.59. The molecule has 1 aromatic heterocycles. The van der Waals surface area contributed by atoms with E-state index in [0.717, 1.165) is 4.68 Å². The monoisotopic (exact) mass is 298 g/mol. The number of aromatic nitrogens is 2. The van der Waals surface area contributed by atoms with Crippen LogP contribution in [0.5, 0.6) is 0 Å². The molecule has 7 heteroatoms. The van der Waals surface area contributed by atoms with Gasteiger partial charge in [-0.15, -0.1) is 0 Å². The molecule has 0 radical (unpaired) electrons. The van der Waals surface area contributed by atoms with Crippen molar-refractivity contribution in [1.29, 1.82) is 0 Å². The van der Waals surface area contributed by atoms with E-state index in [1.165, 1.54) is 18.2 Å². The van der Waals surface area contributed by atoms with Crippen molar-refractivity contribution in [3.8, 4) is 5.69 Å². The van der Waals surface area contributed by atoms with Gasteiger partial charge in [0.1, 0.15) is 5.56 Å². The van der Waals surface area contributed by atoms with E-state index in [1.807, 2.05) is 0 Å². The summed E-state index contributed by atoms with van der Waals surface area (Å²) in [5.41, 5.74) is -0.439. The molecule has 0 amide bonds. The molecule has 0 spiro atoms. The smallest absolute Gasteiger partial charge is 0.341 e. The summed E-state index contributed by atoms with van der Waals surface area (Å²) < 4.78 is 0.956. The highest BCUT2D eigenvalue weighted by molar-refractivity contribution is 6.35. The molecule has 2 aromatic rings. The molecule has 0 aliphatic heterocycles. The zero-order valence-electron chi connectivity index (χ0n) is 9.72. The number of halogens is 2. The van der Waals surface area contributed by atoms with E-state index in [9.17, 15) is 9.59 Å². The number of hydrogen-bond donors (Lipinski definition) is 1. The second-order valence-corrected chi connectivity index (χ2v) is 4.66. The summed E-state index contributed by atoms with van der Waals surface area (Å²) in [6.45, 7) is 1.59. The van der Waals surface area contributed by atoms with Crippen molar-refractivity contribution in [2.75, 3.05) is 0 Å². The van der Waals surface area contributed by atoms with Crippen LogP contribution in [0.15, 0.2) is 29.1 Å². The van der Waals surface area contributed by atoms with Gasteiger partial charge in [0.15, 0.2) is 0 Å². The van der Waals surface area contributed by atoms with Crippen LogP contribution in [0, 0.1) is 6.92 Å². The van der Waals surface area contributed by atoms with Gasteiger partial charge in [0.2, 0.25) is 0 Å². The Balaban J connectivity index is 2.76. The zero-order chi connectivity index (χ0) is 14.2. The highest BCUT2D eigenvalue weighted by Crippen LogP contribution is 2.22. The van der Waals surface area contributed by atoms with Gasteiger partial charge in [-0.05, 0) is 31.2 Å². The predicted molar refractivity (Wildman–Crippen MR) is 71.6 cm³/mol. The first kappa shape index (κ1) is 13.6. The number of aromatic carboxylic acids is 1. The van der Waals surface area contributed by atoms with Crippen molar-refractivity contribution in [2.24, 2.45) is 0 Å². The fourth-order valence-electron chi connectivity index (χ4n) is 1.59. The molecule has 2 rings (SSSR count). The minimum atomic E-state index is -1.31. The average Bonchev–Trinajstić information content (AvgIpc) is 2.32. The number of hydrogen-bond acceptors (Lipinski definition) is 3. The normalized spacial score (nSPS) is 10.5. The lowest BCUT2D eigenvalue weighted by Crippen LogP contribution is -2.28. The van der Waals surface area contributed by atoms with Gasteiger partial charge >= 0.3 is 5.97 Å². The van der Waals surface area contributed by atoms with Crippen molar-refractivity contribution in [3.63, 3.8) is 0 Å². The van der Waals surface area contributed by atoms with E-state index in [4.69, 9.17) is 28.3 Å². The number of rotatable bonds is 2. The first-order chi connectivity index (χ1) is 8.90. The number of carboxylic acids is 1. The Morgan fingerprint density at radius 2 is 2.00 bits per heavy atom. The van der Waals surface area contributed by atoms with Gasteiger partial charge in [0, 0.05) is 5.02 Å². The molecular formula is C12H8Cl2N2O3. The van der Waals surface area contributed by atoms with Crippen LogP contribution in [0.25, 0.3) is 5.69 Å². The maximum atomic E-state index is 12.0. The Hall–Kier alpha value is -1.85. The summed E-state index contributed by atoms with van der Waals surface area (Å²) in [6, 6.07) is 5.71. The quantitative estimate of drug-likeness (QED) is 0.925. The number of carbonyl (C=O) groups is 1. The summed E-state index contributed by atoms with van der Waals surface area (Å²) in [6.07, 6.45) is 0. The van der Waals surface area contributed by atoms with Gasteiger partial charge in [-0.3, -0.25) is 4.79 Å². The van der Waals surface area contributed by atoms with E-state index in [0.29, 0.717) is 10.7 Å². The lowest BCUT2D eigenvalue weighted by molar-refractivity contribution is 0.0694. The maximum absolute atomic E-state index is 12.0. The number of aryl methyl sites for hydroxylation is 1. The molecule has 1 heterocycles. The van der Waals surface area contributed by atoms with E-state index >= 15 is 0 Å². The van der Waals surface area contributed by atoms with Crippen molar-refractivity contribution in [3.05, 3.63) is 55.9 Å². The van der Waals surface area contributed by atoms with Crippen molar-refractivity contribution < 1.29 is 9.90 Å². The van der Waals surface area contributed by atoms with Crippen LogP contribution < -0.4 is 5.56 Å². The topological polar surface area (TPSA) is 72.2 Å². The molecule has 0 saturated heterocycles. The van der Waals surface area contributed by atoms with Crippen molar-refractivity contribution in [1.82, 2.24) is 9.78 Å². The van der Waals surface area contributed by atoms with Crippen LogP contribution in [0.2, 0.25) is 10.0 Å². The molecule has 0 saturated carbocycles. The second kappa shape index (κ2) is 5.03. The van der Waals surface area contributed by atoms with Gasteiger partial charge in [0.25, 0.3) is 5.56 Å². The van der Waals surface area contributed by atoms with Crippen LogP contribution in [0.1, 0.15) is 16.1 Å². The van der Waals surface area contributed by atoms with E-state index < -0.39 is 11.5 Å². The summed E-state index contributed by atoms with van der Waals surface area (Å²) in [5, 5.41) is 13.6. The SMILES string of the molecule is Cc1cc(C(=O)O)c(=O)n(-c2ccc(Cl)cc2Cl)n1. The van der Waals surface area contributed by atoms with Crippen molar-refractivity contribution >= 4 is 29.2 Å². The molecule has 0 bridgehead atoms. The summed E-state index contributed by atoms with van der Waals surface area (Å²) in [4.78, 5) is 23.0. The molecule has 5 nitrogen and oxygen atoms in total. The third-order valence-corrected chi connectivity index (χ3v) is 2.94. The molecule has 0 atom stereocenters. The number of benzene rings is 1. The van der Waals surface area contributed by atoms with Crippen LogP contribution in [0.3, 0.4) is 0 Å². The van der Waals surface area contributed by atoms with E-state index in [-0.39, 0.29) is 16.3 Å². The molecular weight excluding hydrogens is 291 g/mol. The minimum Gasteiger partial charge on any atom is -0.477 e. The largest absolute Gasteiger partial charge is 0.477 e. The molecule has 0 aliphatic rings. The van der Waals surface area contributed by atoms with Gasteiger partial charge in [0.05, 0.1) is 16.4 Å². The lowest BCUT2D eigenvalue weighted by Gasteiger charge is -2.09. The number of carboxylic acid groups (broad SMARTS) is 1. The summed E-state index contributed by atoms with van der Waals surface area (Å²) in [5.74, 6) is -1.31. The van der Waals surface area contributed by atoms with Crippen LogP contribution in [-0.4, -0.2) is 20.9 Å². The molecule has 1 aromatic carbocycles. The molecule has 98 valence electrons.